The minimum Gasteiger partial charge on any atom is -0.333 e. The minimum absolute atomic E-state index is 0.0312. The molecule has 2 aliphatic heterocycles. The molecule has 37 heavy (non-hydrogen) atoms. The number of nitrogens with zero attached hydrogens (tertiary/aromatic N) is 4. The number of hydrogen-bond donors (Lipinski definition) is 1. The number of alkyl halides is 2. The number of fused-ring (bicyclic) bond motifs is 1. The Hall–Kier alpha value is -3.50. The van der Waals surface area contributed by atoms with Crippen LogP contribution in [-0.2, 0) is 4.79 Å². The molecule has 2 fully saturated rings. The van der Waals surface area contributed by atoms with E-state index in [4.69, 9.17) is 0 Å². The zero-order valence-electron chi connectivity index (χ0n) is 21.1. The second kappa shape index (κ2) is 12.6. The highest BCUT2D eigenvalue weighted by molar-refractivity contribution is 5.96. The van der Waals surface area contributed by atoms with E-state index in [1.165, 1.54) is 13.2 Å². The molecule has 0 spiro atoms. The summed E-state index contributed by atoms with van der Waals surface area (Å²) in [6.07, 6.45) is 6.64. The summed E-state index contributed by atoms with van der Waals surface area (Å²) in [6, 6.07) is 10.6. The number of benzene rings is 1. The van der Waals surface area contributed by atoms with E-state index in [0.717, 1.165) is 36.5 Å². The van der Waals surface area contributed by atoms with Gasteiger partial charge in [0.1, 0.15) is 11.9 Å². The Morgan fingerprint density at radius 2 is 1.84 bits per heavy atom. The van der Waals surface area contributed by atoms with Crippen LogP contribution in [0.1, 0.15) is 46.4 Å². The third-order valence-electron chi connectivity index (χ3n) is 6.49. The molecule has 1 amide bonds. The summed E-state index contributed by atoms with van der Waals surface area (Å²) in [7, 11) is 3.37. The van der Waals surface area contributed by atoms with E-state index in [9.17, 15) is 23.2 Å². The lowest BCUT2D eigenvalue weighted by Gasteiger charge is -2.28. The van der Waals surface area contributed by atoms with Crippen molar-refractivity contribution in [1.29, 1.82) is 0 Å². The first-order valence-electron chi connectivity index (χ1n) is 12.2. The maximum atomic E-state index is 12.8. The van der Waals surface area contributed by atoms with E-state index < -0.39 is 5.92 Å². The molecule has 0 aliphatic carbocycles. The number of aldehydes is 2. The van der Waals surface area contributed by atoms with Crippen LogP contribution in [0.2, 0.25) is 0 Å². The fraction of sp³-hybridized carbons (Fsp3) is 0.407. The zero-order chi connectivity index (χ0) is 27.0. The van der Waals surface area contributed by atoms with E-state index in [1.54, 1.807) is 23.1 Å². The van der Waals surface area contributed by atoms with Crippen LogP contribution in [0.25, 0.3) is 16.7 Å². The van der Waals surface area contributed by atoms with Crippen LogP contribution in [0.5, 0.6) is 0 Å². The molecule has 198 valence electrons. The Kier molecular flexibility index (Phi) is 9.60. The fourth-order valence-electron chi connectivity index (χ4n) is 4.40. The summed E-state index contributed by atoms with van der Waals surface area (Å²) in [5.41, 5.74) is 7.09. The number of pyridine rings is 1. The van der Waals surface area contributed by atoms with Crippen molar-refractivity contribution in [3.05, 3.63) is 59.9 Å². The van der Waals surface area contributed by atoms with E-state index in [1.807, 2.05) is 40.9 Å². The van der Waals surface area contributed by atoms with Crippen molar-refractivity contribution in [1.82, 2.24) is 19.4 Å². The van der Waals surface area contributed by atoms with Gasteiger partial charge < -0.3 is 24.9 Å². The average molecular weight is 514 g/mol. The Morgan fingerprint density at radius 3 is 2.49 bits per heavy atom. The number of likely N-dealkylation sites (tertiary alicyclic amines) is 2. The molecule has 2 aromatic heterocycles. The van der Waals surface area contributed by atoms with Crippen LogP contribution in [0.15, 0.2) is 48.8 Å². The molecule has 10 heteroatoms. The number of carbonyl (C=O) groups excluding carboxylic acids is 3. The van der Waals surface area contributed by atoms with Gasteiger partial charge in [-0.05, 0) is 57.3 Å². The Morgan fingerprint density at radius 1 is 1.11 bits per heavy atom. The number of hydrogen-bond acceptors (Lipinski definition) is 6. The number of piperidine rings is 1. The maximum absolute atomic E-state index is 12.8. The zero-order valence-corrected chi connectivity index (χ0v) is 21.1. The highest BCUT2D eigenvalue weighted by Gasteiger charge is 2.32. The van der Waals surface area contributed by atoms with Crippen molar-refractivity contribution >= 4 is 29.5 Å². The summed E-state index contributed by atoms with van der Waals surface area (Å²) < 4.78 is 26.6. The Labute approximate surface area is 215 Å². The Bertz CT molecular complexity index is 1220. The van der Waals surface area contributed by atoms with Crippen molar-refractivity contribution in [3.63, 3.8) is 0 Å². The van der Waals surface area contributed by atoms with Gasteiger partial charge in [0.05, 0.1) is 6.04 Å². The van der Waals surface area contributed by atoms with Crippen molar-refractivity contribution < 1.29 is 23.2 Å². The van der Waals surface area contributed by atoms with Gasteiger partial charge in [0.15, 0.2) is 6.29 Å². The standard InChI is InChI=1S/C20H17N3O3.C6H11F2N.CH5N/c24-12-14-9-15-6-8-22(19(15)21-11-14)17-4-1-3-16(10-17)20(26)23-7-2-5-18(23)13-25;1-9-4-2-6(7,8)3-5-9;1-2/h1,3-4,6,8-13,18H,2,5,7H2;2-5H2,1H3;2H2,1H3. The summed E-state index contributed by atoms with van der Waals surface area (Å²) >= 11 is 0. The van der Waals surface area contributed by atoms with E-state index in [0.29, 0.717) is 36.4 Å². The van der Waals surface area contributed by atoms with Crippen molar-refractivity contribution in [2.24, 2.45) is 5.73 Å². The van der Waals surface area contributed by atoms with E-state index in [-0.39, 0.29) is 24.8 Å². The molecule has 1 aromatic carbocycles. The molecule has 2 saturated heterocycles. The van der Waals surface area contributed by atoms with Crippen molar-refractivity contribution in [2.75, 3.05) is 33.7 Å². The number of nitrogens with two attached hydrogens (primary N) is 1. The van der Waals surface area contributed by atoms with Crippen LogP contribution in [-0.4, -0.2) is 83.5 Å². The van der Waals surface area contributed by atoms with Gasteiger partial charge in [-0.25, -0.2) is 13.8 Å². The smallest absolute Gasteiger partial charge is 0.254 e. The van der Waals surface area contributed by atoms with Crippen LogP contribution in [0.4, 0.5) is 8.78 Å². The Balaban J connectivity index is 0.000000291. The second-order valence-corrected chi connectivity index (χ2v) is 9.04. The lowest BCUT2D eigenvalue weighted by atomic mass is 10.1. The van der Waals surface area contributed by atoms with Crippen LogP contribution >= 0.6 is 0 Å². The predicted molar refractivity (Wildman–Crippen MR) is 138 cm³/mol. The molecule has 2 N–H and O–H groups in total. The van der Waals surface area contributed by atoms with E-state index >= 15 is 0 Å². The molecule has 0 radical (unpaired) electrons. The van der Waals surface area contributed by atoms with Gasteiger partial charge in [0, 0.05) is 67.1 Å². The summed E-state index contributed by atoms with van der Waals surface area (Å²) in [5.74, 6) is -2.51. The van der Waals surface area contributed by atoms with Gasteiger partial charge in [-0.3, -0.25) is 9.59 Å². The first kappa shape index (κ1) is 28.1. The normalized spacial score (nSPS) is 18.8. The largest absolute Gasteiger partial charge is 0.333 e. The molecule has 5 rings (SSSR count). The van der Waals surface area contributed by atoms with Crippen LogP contribution < -0.4 is 5.73 Å². The van der Waals surface area contributed by atoms with Crippen LogP contribution in [0, 0.1) is 0 Å². The summed E-state index contributed by atoms with van der Waals surface area (Å²) in [4.78, 5) is 42.8. The lowest BCUT2D eigenvalue weighted by molar-refractivity contribution is -0.111. The van der Waals surface area contributed by atoms with Crippen molar-refractivity contribution in [3.8, 4) is 5.69 Å². The van der Waals surface area contributed by atoms with Gasteiger partial charge >= 0.3 is 0 Å². The fourth-order valence-corrected chi connectivity index (χ4v) is 4.40. The van der Waals surface area contributed by atoms with Crippen molar-refractivity contribution in [2.45, 2.75) is 37.6 Å². The lowest BCUT2D eigenvalue weighted by Crippen LogP contribution is -2.36. The molecule has 4 heterocycles. The maximum Gasteiger partial charge on any atom is 0.254 e. The van der Waals surface area contributed by atoms with Gasteiger partial charge in [0.25, 0.3) is 11.8 Å². The molecule has 1 atom stereocenters. The van der Waals surface area contributed by atoms with Gasteiger partial charge in [-0.15, -0.1) is 0 Å². The summed E-state index contributed by atoms with van der Waals surface area (Å²) in [6.45, 7) is 1.68. The van der Waals surface area contributed by atoms with Gasteiger partial charge in [-0.1, -0.05) is 6.07 Å². The average Bonchev–Trinajstić information content (AvgIpc) is 3.58. The predicted octanol–water partition coefficient (Wildman–Crippen LogP) is 3.56. The number of rotatable bonds is 4. The van der Waals surface area contributed by atoms with E-state index in [2.05, 4.69) is 10.7 Å². The molecule has 3 aromatic rings. The highest BCUT2D eigenvalue weighted by Crippen LogP contribution is 2.26. The first-order valence-corrected chi connectivity index (χ1v) is 12.2. The SMILES string of the molecule is CN.CN1CCC(F)(F)CC1.O=Cc1cnc2c(ccn2-c2cccc(C(=O)N3CCCC3C=O)c2)c1. The second-order valence-electron chi connectivity index (χ2n) is 9.04. The molecular formula is C27H33F2N5O3. The molecular weight excluding hydrogens is 480 g/mol. The number of halogens is 2. The highest BCUT2D eigenvalue weighted by atomic mass is 19.3. The minimum atomic E-state index is -2.38. The molecule has 0 saturated carbocycles. The molecule has 8 nitrogen and oxygen atoms in total. The number of carbonyl (C=O) groups is 3. The molecule has 1 unspecified atom stereocenters. The van der Waals surface area contributed by atoms with Crippen LogP contribution in [0.3, 0.4) is 0 Å². The number of aromatic nitrogens is 2. The first-order chi connectivity index (χ1) is 17.8. The third-order valence-corrected chi connectivity index (χ3v) is 6.49. The molecule has 2 aliphatic rings. The topological polar surface area (TPSA) is 102 Å². The van der Waals surface area contributed by atoms with Gasteiger partial charge in [0.2, 0.25) is 0 Å². The summed E-state index contributed by atoms with van der Waals surface area (Å²) in [5, 5.41) is 0.854. The monoisotopic (exact) mass is 513 g/mol. The molecule has 0 bridgehead atoms. The quantitative estimate of drug-likeness (QED) is 0.536. The van der Waals surface area contributed by atoms with Gasteiger partial charge in [-0.2, -0.15) is 0 Å². The third kappa shape index (κ3) is 6.84. The number of amides is 1.